The number of nitrogens with one attached hydrogen (secondary N) is 1. The van der Waals surface area contributed by atoms with E-state index >= 15 is 0 Å². The van der Waals surface area contributed by atoms with Crippen molar-refractivity contribution in [1.29, 1.82) is 0 Å². The van der Waals surface area contributed by atoms with E-state index in [0.717, 1.165) is 0 Å². The van der Waals surface area contributed by atoms with Crippen molar-refractivity contribution < 1.29 is 0 Å². The zero-order chi connectivity index (χ0) is 20.8. The van der Waals surface area contributed by atoms with Gasteiger partial charge in [-0.1, -0.05) is 75.9 Å². The fourth-order valence-electron chi connectivity index (χ4n) is 5.73. The van der Waals surface area contributed by atoms with Crippen LogP contribution in [0.5, 0.6) is 0 Å². The molecule has 1 heterocycles. The van der Waals surface area contributed by atoms with E-state index in [1.165, 1.54) is 75.6 Å². The third-order valence-electron chi connectivity index (χ3n) is 7.18. The number of unbranched alkanes of at least 4 members (excludes halogenated alkanes) is 2. The van der Waals surface area contributed by atoms with Gasteiger partial charge in [0, 0.05) is 22.4 Å². The summed E-state index contributed by atoms with van der Waals surface area (Å²) in [7, 11) is 0. The van der Waals surface area contributed by atoms with E-state index in [1.807, 2.05) is 0 Å². The molecule has 158 valence electrons. The highest BCUT2D eigenvalue weighted by Crippen LogP contribution is 2.59. The molecule has 0 fully saturated rings. The maximum Gasteiger partial charge on any atom is 0.388 e. The molecule has 2 aromatic carbocycles. The summed E-state index contributed by atoms with van der Waals surface area (Å²) < 4.78 is 0. The molecular formula is C27H37BN2. The Bertz CT molecular complexity index is 822. The number of hydrogen-bond donors (Lipinski definition) is 1. The molecule has 0 amide bonds. The van der Waals surface area contributed by atoms with Crippen molar-refractivity contribution in [2.45, 2.75) is 83.4 Å². The van der Waals surface area contributed by atoms with Gasteiger partial charge in [0.1, 0.15) is 0 Å². The Balaban J connectivity index is 1.83. The highest BCUT2D eigenvalue weighted by Gasteiger charge is 2.55. The summed E-state index contributed by atoms with van der Waals surface area (Å²) in [6, 6.07) is 22.0. The van der Waals surface area contributed by atoms with Gasteiger partial charge in [0.05, 0.1) is 0 Å². The van der Waals surface area contributed by atoms with Gasteiger partial charge >= 0.3 is 6.98 Å². The van der Waals surface area contributed by atoms with Crippen molar-refractivity contribution in [3.63, 3.8) is 0 Å². The molecule has 0 unspecified atom stereocenters. The van der Waals surface area contributed by atoms with E-state index in [4.69, 9.17) is 0 Å². The molecule has 30 heavy (non-hydrogen) atoms. The standard InChI is InChI=1S/C27H37BN2/c1-3-5-21-27(22-6-4-2)25-19-13-14-20-26(25)30(24-17-11-8-12-18-24)28(27)29-23-15-9-7-10-16-23/h7-12,15-18,29H,3-6,13-14,19-22H2,1-2H3. The van der Waals surface area contributed by atoms with Crippen LogP contribution in [0.15, 0.2) is 71.9 Å². The van der Waals surface area contributed by atoms with Gasteiger partial charge < -0.3 is 10.0 Å². The summed E-state index contributed by atoms with van der Waals surface area (Å²) in [5.74, 6) is 0. The minimum absolute atomic E-state index is 0.230. The van der Waals surface area contributed by atoms with E-state index in [1.54, 1.807) is 11.3 Å². The number of rotatable bonds is 9. The molecule has 1 N–H and O–H groups in total. The summed E-state index contributed by atoms with van der Waals surface area (Å²) in [5.41, 5.74) is 5.97. The maximum absolute atomic E-state index is 4.04. The van der Waals surface area contributed by atoms with Crippen LogP contribution in [0.25, 0.3) is 0 Å². The van der Waals surface area contributed by atoms with E-state index in [-0.39, 0.29) is 5.31 Å². The lowest BCUT2D eigenvalue weighted by Gasteiger charge is -2.39. The average molecular weight is 400 g/mol. The molecule has 0 saturated heterocycles. The van der Waals surface area contributed by atoms with Crippen LogP contribution in [0.1, 0.15) is 78.1 Å². The molecule has 0 aromatic heterocycles. The average Bonchev–Trinajstić information content (AvgIpc) is 3.07. The van der Waals surface area contributed by atoms with E-state index in [2.05, 4.69) is 84.5 Å². The topological polar surface area (TPSA) is 15.3 Å². The first-order valence-corrected chi connectivity index (χ1v) is 12.2. The van der Waals surface area contributed by atoms with Gasteiger partial charge in [-0.05, 0) is 68.4 Å². The molecule has 0 atom stereocenters. The Morgan fingerprint density at radius 3 is 2.07 bits per heavy atom. The minimum atomic E-state index is 0.230. The second-order valence-electron chi connectivity index (χ2n) is 9.11. The Morgan fingerprint density at radius 2 is 1.43 bits per heavy atom. The maximum atomic E-state index is 4.04. The van der Waals surface area contributed by atoms with Gasteiger partial charge in [-0.25, -0.2) is 0 Å². The van der Waals surface area contributed by atoms with Crippen molar-refractivity contribution in [1.82, 2.24) is 0 Å². The largest absolute Gasteiger partial charge is 0.408 e. The van der Waals surface area contributed by atoms with Crippen LogP contribution in [0.4, 0.5) is 11.4 Å². The van der Waals surface area contributed by atoms with E-state index in [0.29, 0.717) is 6.98 Å². The van der Waals surface area contributed by atoms with Crippen LogP contribution in [0.2, 0.25) is 5.31 Å². The molecule has 2 aromatic rings. The van der Waals surface area contributed by atoms with Crippen molar-refractivity contribution in [2.24, 2.45) is 0 Å². The van der Waals surface area contributed by atoms with Gasteiger partial charge in [0.25, 0.3) is 0 Å². The second kappa shape index (κ2) is 9.77. The van der Waals surface area contributed by atoms with Gasteiger partial charge in [-0.2, -0.15) is 0 Å². The van der Waals surface area contributed by atoms with Gasteiger partial charge in [0.2, 0.25) is 0 Å². The Hall–Kier alpha value is -2.16. The third kappa shape index (κ3) is 4.04. The lowest BCUT2D eigenvalue weighted by Crippen LogP contribution is -2.49. The van der Waals surface area contributed by atoms with Gasteiger partial charge in [0.15, 0.2) is 0 Å². The summed E-state index contributed by atoms with van der Waals surface area (Å²) in [6.07, 6.45) is 12.9. The number of anilines is 2. The van der Waals surface area contributed by atoms with Crippen LogP contribution in [-0.4, -0.2) is 6.98 Å². The summed E-state index contributed by atoms with van der Waals surface area (Å²) >= 11 is 0. The SMILES string of the molecule is CCCCC1(CCCC)B(Nc2ccccc2)N(c2ccccc2)C2=C1CCCC2. The molecule has 1 aliphatic heterocycles. The summed E-state index contributed by atoms with van der Waals surface area (Å²) in [5, 5.41) is 4.27. The third-order valence-corrected chi connectivity index (χ3v) is 7.18. The predicted octanol–water partition coefficient (Wildman–Crippen LogP) is 8.06. The van der Waals surface area contributed by atoms with Crippen LogP contribution in [-0.2, 0) is 0 Å². The zero-order valence-electron chi connectivity index (χ0n) is 18.9. The zero-order valence-corrected chi connectivity index (χ0v) is 18.9. The Labute approximate surface area is 183 Å². The molecule has 4 rings (SSSR count). The number of benzene rings is 2. The number of hydrogen-bond acceptors (Lipinski definition) is 2. The molecule has 0 radical (unpaired) electrons. The number of nitrogens with zero attached hydrogens (tertiary/aromatic N) is 1. The lowest BCUT2D eigenvalue weighted by atomic mass is 9.44. The first-order chi connectivity index (χ1) is 14.8. The van der Waals surface area contributed by atoms with Crippen LogP contribution in [0.3, 0.4) is 0 Å². The summed E-state index contributed by atoms with van der Waals surface area (Å²) in [6.45, 7) is 4.98. The fraction of sp³-hybridized carbons (Fsp3) is 0.481. The highest BCUT2D eigenvalue weighted by molar-refractivity contribution is 6.72. The number of allylic oxidation sites excluding steroid dienone is 2. The normalized spacial score (nSPS) is 17.9. The molecule has 1 aliphatic carbocycles. The van der Waals surface area contributed by atoms with Crippen LogP contribution >= 0.6 is 0 Å². The summed E-state index contributed by atoms with van der Waals surface area (Å²) in [4.78, 5) is 2.69. The minimum Gasteiger partial charge on any atom is -0.408 e. The van der Waals surface area contributed by atoms with E-state index in [9.17, 15) is 0 Å². The van der Waals surface area contributed by atoms with E-state index < -0.39 is 0 Å². The smallest absolute Gasteiger partial charge is 0.388 e. The van der Waals surface area contributed by atoms with Crippen molar-refractivity contribution in [3.8, 4) is 0 Å². The molecular weight excluding hydrogens is 363 g/mol. The molecule has 0 spiro atoms. The number of para-hydroxylation sites is 2. The van der Waals surface area contributed by atoms with Gasteiger partial charge in [-0.15, -0.1) is 0 Å². The molecule has 0 saturated carbocycles. The Kier molecular flexibility index (Phi) is 6.87. The quantitative estimate of drug-likeness (QED) is 0.428. The molecule has 2 aliphatic rings. The highest BCUT2D eigenvalue weighted by atomic mass is 15.2. The lowest BCUT2D eigenvalue weighted by molar-refractivity contribution is 0.464. The predicted molar refractivity (Wildman–Crippen MR) is 132 cm³/mol. The van der Waals surface area contributed by atoms with Crippen molar-refractivity contribution in [3.05, 3.63) is 71.9 Å². The second-order valence-corrected chi connectivity index (χ2v) is 9.11. The molecule has 3 heteroatoms. The first kappa shape index (κ1) is 21.1. The molecule has 0 bridgehead atoms. The monoisotopic (exact) mass is 400 g/mol. The fourth-order valence-corrected chi connectivity index (χ4v) is 5.73. The van der Waals surface area contributed by atoms with Crippen LogP contribution in [0, 0.1) is 0 Å². The Morgan fingerprint density at radius 1 is 0.833 bits per heavy atom. The van der Waals surface area contributed by atoms with Crippen LogP contribution < -0.4 is 10.0 Å². The first-order valence-electron chi connectivity index (χ1n) is 12.2. The molecule has 2 nitrogen and oxygen atoms in total. The van der Waals surface area contributed by atoms with Crippen molar-refractivity contribution >= 4 is 18.4 Å². The van der Waals surface area contributed by atoms with Gasteiger partial charge in [-0.3, -0.25) is 0 Å². The van der Waals surface area contributed by atoms with Crippen molar-refractivity contribution in [2.75, 3.05) is 10.0 Å².